The molecule has 0 aromatic heterocycles. The van der Waals surface area contributed by atoms with Crippen LogP contribution in [0, 0.1) is 17.0 Å². The van der Waals surface area contributed by atoms with Gasteiger partial charge in [0.25, 0.3) is 0 Å². The lowest BCUT2D eigenvalue weighted by Crippen LogP contribution is -2.51. The molecule has 0 aliphatic carbocycles. The molecule has 2 aliphatic rings. The highest BCUT2D eigenvalue weighted by Crippen LogP contribution is 2.27. The van der Waals surface area contributed by atoms with Crippen molar-refractivity contribution in [3.8, 4) is 0 Å². The Kier molecular flexibility index (Phi) is 4.92. The molecule has 8 heteroatoms. The fourth-order valence-electron chi connectivity index (χ4n) is 3.49. The number of halogens is 2. The van der Waals surface area contributed by atoms with Crippen LogP contribution in [-0.2, 0) is 10.0 Å². The number of sulfonamides is 1. The van der Waals surface area contributed by atoms with Crippen molar-refractivity contribution in [1.82, 2.24) is 14.5 Å². The van der Waals surface area contributed by atoms with Crippen LogP contribution in [0.5, 0.6) is 0 Å². The Hall–Kier alpha value is -1.09. The molecule has 1 aromatic rings. The Labute approximate surface area is 141 Å². The second kappa shape index (κ2) is 6.67. The van der Waals surface area contributed by atoms with Gasteiger partial charge in [0.05, 0.1) is 0 Å². The maximum absolute atomic E-state index is 13.8. The summed E-state index contributed by atoms with van der Waals surface area (Å²) in [5.41, 5.74) is 0.226. The molecular formula is C16H23F2N3O2S. The standard InChI is InChI=1S/C16H23F2N3O2S/c1-16(4-5-19-11-16)12-20-6-8-21(9-7-20)24(22,23)15-3-2-13(17)10-14(15)18/h2-3,10,19H,4-9,11-12H2,1H3. The predicted molar refractivity (Wildman–Crippen MR) is 87.2 cm³/mol. The van der Waals surface area contributed by atoms with Crippen LogP contribution in [0.25, 0.3) is 0 Å². The molecule has 0 radical (unpaired) electrons. The van der Waals surface area contributed by atoms with Crippen molar-refractivity contribution < 1.29 is 17.2 Å². The molecule has 1 atom stereocenters. The highest BCUT2D eigenvalue weighted by Gasteiger charge is 2.35. The first-order chi connectivity index (χ1) is 11.3. The molecule has 5 nitrogen and oxygen atoms in total. The predicted octanol–water partition coefficient (Wildman–Crippen LogP) is 1.27. The van der Waals surface area contributed by atoms with Crippen molar-refractivity contribution in [2.75, 3.05) is 45.8 Å². The monoisotopic (exact) mass is 359 g/mol. The van der Waals surface area contributed by atoms with Crippen molar-refractivity contribution >= 4 is 10.0 Å². The molecule has 3 rings (SSSR count). The molecular weight excluding hydrogens is 336 g/mol. The van der Waals surface area contributed by atoms with E-state index in [0.717, 1.165) is 38.2 Å². The molecule has 0 spiro atoms. The normalized spacial score (nSPS) is 26.8. The first kappa shape index (κ1) is 17.7. The second-order valence-corrected chi connectivity index (χ2v) is 8.90. The van der Waals surface area contributed by atoms with E-state index in [-0.39, 0.29) is 5.41 Å². The number of rotatable bonds is 4. The average molecular weight is 359 g/mol. The highest BCUT2D eigenvalue weighted by atomic mass is 32.2. The third-order valence-electron chi connectivity index (χ3n) is 4.91. The summed E-state index contributed by atoms with van der Waals surface area (Å²) in [5.74, 6) is -1.82. The molecule has 1 aromatic carbocycles. The molecule has 2 fully saturated rings. The van der Waals surface area contributed by atoms with E-state index in [1.54, 1.807) is 0 Å². The second-order valence-electron chi connectivity index (χ2n) is 6.99. The van der Waals surface area contributed by atoms with Gasteiger partial charge in [-0.25, -0.2) is 17.2 Å². The number of benzene rings is 1. The zero-order chi connectivity index (χ0) is 17.4. The molecule has 134 valence electrons. The van der Waals surface area contributed by atoms with E-state index >= 15 is 0 Å². The minimum atomic E-state index is -3.92. The van der Waals surface area contributed by atoms with Gasteiger partial charge in [-0.1, -0.05) is 6.92 Å². The van der Waals surface area contributed by atoms with Crippen LogP contribution < -0.4 is 5.32 Å². The minimum Gasteiger partial charge on any atom is -0.316 e. The van der Waals surface area contributed by atoms with Crippen molar-refractivity contribution in [3.63, 3.8) is 0 Å². The first-order valence-corrected chi connectivity index (χ1v) is 9.62. The summed E-state index contributed by atoms with van der Waals surface area (Å²) in [5, 5.41) is 3.36. The molecule has 2 heterocycles. The van der Waals surface area contributed by atoms with Crippen molar-refractivity contribution in [2.45, 2.75) is 18.2 Å². The van der Waals surface area contributed by atoms with Crippen LogP contribution in [0.3, 0.4) is 0 Å². The van der Waals surface area contributed by atoms with Crippen molar-refractivity contribution in [3.05, 3.63) is 29.8 Å². The van der Waals surface area contributed by atoms with Crippen molar-refractivity contribution in [2.24, 2.45) is 5.41 Å². The van der Waals surface area contributed by atoms with Gasteiger partial charge in [-0.3, -0.25) is 0 Å². The van der Waals surface area contributed by atoms with Gasteiger partial charge < -0.3 is 10.2 Å². The van der Waals surface area contributed by atoms with Gasteiger partial charge in [0.15, 0.2) is 0 Å². The van der Waals surface area contributed by atoms with Crippen LogP contribution in [0.4, 0.5) is 8.78 Å². The minimum absolute atomic E-state index is 0.226. The molecule has 0 saturated carbocycles. The van der Waals surface area contributed by atoms with Gasteiger partial charge in [-0.15, -0.1) is 0 Å². The topological polar surface area (TPSA) is 52.7 Å². The summed E-state index contributed by atoms with van der Waals surface area (Å²) in [4.78, 5) is 1.81. The highest BCUT2D eigenvalue weighted by molar-refractivity contribution is 7.89. The summed E-state index contributed by atoms with van der Waals surface area (Å²) in [6.07, 6.45) is 1.12. The van der Waals surface area contributed by atoms with Gasteiger partial charge in [0.1, 0.15) is 16.5 Å². The average Bonchev–Trinajstić information content (AvgIpc) is 2.93. The van der Waals surface area contributed by atoms with Gasteiger partial charge in [-0.05, 0) is 30.5 Å². The molecule has 24 heavy (non-hydrogen) atoms. The molecule has 1 N–H and O–H groups in total. The number of nitrogens with one attached hydrogen (secondary N) is 1. The van der Waals surface area contributed by atoms with Gasteiger partial charge >= 0.3 is 0 Å². The molecule has 2 saturated heterocycles. The third-order valence-corrected chi connectivity index (χ3v) is 6.84. The zero-order valence-electron chi connectivity index (χ0n) is 13.8. The Morgan fingerprint density at radius 3 is 2.50 bits per heavy atom. The SMILES string of the molecule is CC1(CN2CCN(S(=O)(=O)c3ccc(F)cc3F)CC2)CCNC1. The largest absolute Gasteiger partial charge is 0.316 e. The number of hydrogen-bond donors (Lipinski definition) is 1. The van der Waals surface area contributed by atoms with Crippen molar-refractivity contribution in [1.29, 1.82) is 0 Å². The lowest BCUT2D eigenvalue weighted by Gasteiger charge is -2.38. The van der Waals surface area contributed by atoms with E-state index in [0.29, 0.717) is 32.2 Å². The maximum Gasteiger partial charge on any atom is 0.246 e. The fourth-order valence-corrected chi connectivity index (χ4v) is 4.96. The molecule has 0 bridgehead atoms. The summed E-state index contributed by atoms with van der Waals surface area (Å²) in [7, 11) is -3.92. The van der Waals surface area contributed by atoms with Gasteiger partial charge in [0.2, 0.25) is 10.0 Å². The quantitative estimate of drug-likeness (QED) is 0.880. The molecule has 1 unspecified atom stereocenters. The Balaban J connectivity index is 1.65. The van der Waals surface area contributed by atoms with Gasteiger partial charge in [0, 0.05) is 45.3 Å². The van der Waals surface area contributed by atoms with Crippen LogP contribution in [-0.4, -0.2) is 63.4 Å². The maximum atomic E-state index is 13.8. The van der Waals surface area contributed by atoms with Crippen LogP contribution >= 0.6 is 0 Å². The van der Waals surface area contributed by atoms with E-state index < -0.39 is 26.6 Å². The third kappa shape index (κ3) is 3.61. The Morgan fingerprint density at radius 1 is 1.21 bits per heavy atom. The van der Waals surface area contributed by atoms with E-state index in [2.05, 4.69) is 17.1 Å². The number of hydrogen-bond acceptors (Lipinski definition) is 4. The smallest absolute Gasteiger partial charge is 0.246 e. The summed E-state index contributed by atoms with van der Waals surface area (Å²) < 4.78 is 53.3. The van der Waals surface area contributed by atoms with E-state index in [4.69, 9.17) is 0 Å². The number of piperazine rings is 1. The lowest BCUT2D eigenvalue weighted by molar-refractivity contribution is 0.132. The first-order valence-electron chi connectivity index (χ1n) is 8.18. The zero-order valence-corrected chi connectivity index (χ0v) is 14.6. The molecule has 2 aliphatic heterocycles. The number of nitrogens with zero attached hydrogens (tertiary/aromatic N) is 2. The van der Waals surface area contributed by atoms with Gasteiger partial charge in [-0.2, -0.15) is 4.31 Å². The Morgan fingerprint density at radius 2 is 1.92 bits per heavy atom. The summed E-state index contributed by atoms with van der Waals surface area (Å²) >= 11 is 0. The molecule has 0 amide bonds. The lowest BCUT2D eigenvalue weighted by atomic mass is 9.89. The van der Waals surface area contributed by atoms with Crippen LogP contribution in [0.1, 0.15) is 13.3 Å². The van der Waals surface area contributed by atoms with E-state index in [9.17, 15) is 17.2 Å². The van der Waals surface area contributed by atoms with Crippen LogP contribution in [0.15, 0.2) is 23.1 Å². The van der Waals surface area contributed by atoms with E-state index in [1.807, 2.05) is 0 Å². The summed E-state index contributed by atoms with van der Waals surface area (Å²) in [6, 6.07) is 2.58. The summed E-state index contributed by atoms with van der Waals surface area (Å²) in [6.45, 7) is 7.06. The van der Waals surface area contributed by atoms with Crippen LogP contribution in [0.2, 0.25) is 0 Å². The fraction of sp³-hybridized carbons (Fsp3) is 0.625. The Bertz CT molecular complexity index is 697. The van der Waals surface area contributed by atoms with E-state index in [1.165, 1.54) is 4.31 Å².